The predicted molar refractivity (Wildman–Crippen MR) is 157 cm³/mol. The van der Waals surface area contributed by atoms with Crippen LogP contribution in [0.4, 0.5) is 11.6 Å². The number of aryl methyl sites for hydroxylation is 1. The van der Waals surface area contributed by atoms with Crippen LogP contribution < -0.4 is 22.6 Å². The van der Waals surface area contributed by atoms with Gasteiger partial charge < -0.3 is 30.5 Å². The predicted octanol–water partition coefficient (Wildman–Crippen LogP) is -1.34. The number of quaternary nitrogens is 1. The third-order valence-corrected chi connectivity index (χ3v) is 9.43. The Morgan fingerprint density at radius 3 is 1.91 bits per heavy atom. The van der Waals surface area contributed by atoms with Crippen molar-refractivity contribution in [2.75, 3.05) is 39.3 Å². The molecule has 7 N–H and O–H groups in total. The summed E-state index contributed by atoms with van der Waals surface area (Å²) < 4.78 is 42.5. The molecule has 0 spiro atoms. The van der Waals surface area contributed by atoms with Crippen LogP contribution in [0.25, 0.3) is 0 Å². The number of benzene rings is 1. The van der Waals surface area contributed by atoms with Crippen LogP contribution in [0.2, 0.25) is 0 Å². The molecule has 0 bridgehead atoms. The molecule has 0 saturated carbocycles. The van der Waals surface area contributed by atoms with E-state index in [1.165, 1.54) is 57.1 Å². The summed E-state index contributed by atoms with van der Waals surface area (Å²) in [5.41, 5.74) is 5.64. The zero-order valence-electron chi connectivity index (χ0n) is 23.1. The Morgan fingerprint density at radius 2 is 1.44 bits per heavy atom. The number of hydrogen-bond acceptors (Lipinski definition) is 15. The van der Waals surface area contributed by atoms with Crippen LogP contribution in [-0.4, -0.2) is 87.2 Å². The van der Waals surface area contributed by atoms with E-state index >= 15 is 0 Å². The second-order valence-electron chi connectivity index (χ2n) is 8.64. The number of nitrogens with two attached hydrogens (primary N) is 2. The molecule has 4 atom stereocenters. The zero-order valence-corrected chi connectivity index (χ0v) is 25.6. The largest absolute Gasteiger partial charge is 0.400 e. The lowest BCUT2D eigenvalue weighted by atomic mass is 10.2. The SMILES string of the molecule is CO.Cc1ccc(S(=O)(=O)O[NH2+]c2ccn([C@H]3CO[C@@H](CO)S3)c(=O)n2)cc1.Nc1ccn([C@H]2CO[C@@H](CO)S2)c(=O)n1. The number of nitrogens with zero attached hydrogens (tertiary/aromatic N) is 4. The maximum atomic E-state index is 12.1. The number of thioether (sulfide) groups is 2. The lowest BCUT2D eigenvalue weighted by Crippen LogP contribution is -2.78. The topological polar surface area (TPSA) is 235 Å². The smallest absolute Gasteiger partial charge is 0.353 e. The van der Waals surface area contributed by atoms with Gasteiger partial charge in [0.25, 0.3) is 5.82 Å². The lowest BCUT2D eigenvalue weighted by Gasteiger charge is -2.10. The standard InChI is InChI=1S/C15H17N3O6S2.C8H11N3O3S.CH4O/c1-10-2-4-11(5-3-10)26(21,22)24-17-12-6-7-18(15(20)16-12)13-9-23-14(8-19)25-13;9-5-1-2-11(8(13)10-5)6-4-14-7(3-12)15-6;1-2/h2-7,13-14,19H,8-9H2,1H3,(H,16,17,20);1-2,6-7,12H,3-4H2,(H2,9,10,13);2H,1H3/p+1/t13-,14-;6-,7-;/m11./s1. The van der Waals surface area contributed by atoms with Crippen molar-refractivity contribution in [2.45, 2.75) is 33.4 Å². The Morgan fingerprint density at radius 1 is 0.930 bits per heavy atom. The number of aliphatic hydroxyl groups excluding tert-OH is 3. The van der Waals surface area contributed by atoms with E-state index in [1.54, 1.807) is 24.4 Å². The molecule has 0 amide bonds. The van der Waals surface area contributed by atoms with Crippen LogP contribution in [0.15, 0.2) is 63.3 Å². The molecule has 236 valence electrons. The molecule has 0 aliphatic carbocycles. The number of anilines is 1. The molecule has 4 heterocycles. The van der Waals surface area contributed by atoms with Crippen molar-refractivity contribution < 1.29 is 43.0 Å². The van der Waals surface area contributed by atoms with E-state index in [0.717, 1.165) is 18.2 Å². The zero-order chi connectivity index (χ0) is 31.6. The minimum atomic E-state index is -3.98. The van der Waals surface area contributed by atoms with Crippen molar-refractivity contribution in [1.29, 1.82) is 0 Å². The summed E-state index contributed by atoms with van der Waals surface area (Å²) in [6.07, 6.45) is 3.08. The summed E-state index contributed by atoms with van der Waals surface area (Å²) in [7, 11) is -2.98. The molecular weight excluding hydrogens is 628 g/mol. The van der Waals surface area contributed by atoms with E-state index in [1.807, 2.05) is 6.92 Å². The fourth-order valence-corrected chi connectivity index (χ4v) is 6.49. The Bertz CT molecular complexity index is 1550. The first-order chi connectivity index (χ1) is 20.6. The fraction of sp³-hybridized carbons (Fsp3) is 0.417. The van der Waals surface area contributed by atoms with Gasteiger partial charge in [0.1, 0.15) is 27.4 Å². The van der Waals surface area contributed by atoms with Crippen LogP contribution in [0.5, 0.6) is 0 Å². The van der Waals surface area contributed by atoms with Gasteiger partial charge in [-0.1, -0.05) is 22.0 Å². The highest BCUT2D eigenvalue weighted by Gasteiger charge is 2.29. The van der Waals surface area contributed by atoms with E-state index < -0.39 is 21.5 Å². The summed E-state index contributed by atoms with van der Waals surface area (Å²) in [6, 6.07) is 9.25. The molecule has 2 aliphatic heterocycles. The van der Waals surface area contributed by atoms with E-state index in [-0.39, 0.29) is 58.0 Å². The summed E-state index contributed by atoms with van der Waals surface area (Å²) in [4.78, 5) is 31.1. The molecule has 3 aromatic rings. The highest BCUT2D eigenvalue weighted by Crippen LogP contribution is 2.34. The monoisotopic (exact) mass is 661 g/mol. The van der Waals surface area contributed by atoms with Crippen LogP contribution in [-0.2, 0) is 23.9 Å². The molecule has 1 aromatic carbocycles. The van der Waals surface area contributed by atoms with E-state index in [4.69, 9.17) is 34.8 Å². The number of ether oxygens (including phenoxy) is 2. The van der Waals surface area contributed by atoms with Crippen molar-refractivity contribution in [3.63, 3.8) is 0 Å². The van der Waals surface area contributed by atoms with Gasteiger partial charge in [0.2, 0.25) is 0 Å². The van der Waals surface area contributed by atoms with Crippen LogP contribution >= 0.6 is 23.5 Å². The first kappa shape index (κ1) is 34.6. The van der Waals surface area contributed by atoms with E-state index in [2.05, 4.69) is 9.97 Å². The van der Waals surface area contributed by atoms with Gasteiger partial charge in [0.05, 0.1) is 31.3 Å². The molecule has 2 saturated heterocycles. The fourth-order valence-electron chi connectivity index (χ4n) is 3.60. The number of aliphatic hydroxyl groups is 3. The Balaban J connectivity index is 0.000000252. The Kier molecular flexibility index (Phi) is 13.1. The van der Waals surface area contributed by atoms with Crippen LogP contribution in [0.3, 0.4) is 0 Å². The third kappa shape index (κ3) is 9.57. The molecule has 2 fully saturated rings. The average molecular weight is 662 g/mol. The van der Waals surface area contributed by atoms with Crippen molar-refractivity contribution in [3.8, 4) is 0 Å². The Labute approximate surface area is 254 Å². The number of aromatic nitrogens is 4. The number of rotatable bonds is 8. The minimum Gasteiger partial charge on any atom is -0.400 e. The van der Waals surface area contributed by atoms with Gasteiger partial charge in [-0.3, -0.25) is 9.13 Å². The van der Waals surface area contributed by atoms with Crippen molar-refractivity contribution in [2.24, 2.45) is 0 Å². The van der Waals surface area contributed by atoms with Crippen molar-refractivity contribution in [1.82, 2.24) is 19.1 Å². The second-order valence-corrected chi connectivity index (χ2v) is 12.9. The molecule has 2 aliphatic rings. The lowest BCUT2D eigenvalue weighted by molar-refractivity contribution is -0.797. The van der Waals surface area contributed by atoms with Gasteiger partial charge >= 0.3 is 21.5 Å². The highest BCUT2D eigenvalue weighted by atomic mass is 32.2. The van der Waals surface area contributed by atoms with Gasteiger partial charge in [-0.05, 0) is 25.1 Å². The van der Waals surface area contributed by atoms with Crippen molar-refractivity contribution >= 4 is 45.3 Å². The summed E-state index contributed by atoms with van der Waals surface area (Å²) in [6.45, 7) is 2.32. The van der Waals surface area contributed by atoms with Crippen LogP contribution in [0.1, 0.15) is 16.3 Å². The van der Waals surface area contributed by atoms with E-state index in [9.17, 15) is 18.0 Å². The van der Waals surface area contributed by atoms with Crippen molar-refractivity contribution in [3.05, 3.63) is 75.3 Å². The molecule has 0 unspecified atom stereocenters. The summed E-state index contributed by atoms with van der Waals surface area (Å²) in [5, 5.41) is 24.5. The molecule has 5 rings (SSSR count). The third-order valence-electron chi connectivity index (χ3n) is 5.69. The van der Waals surface area contributed by atoms with Gasteiger partial charge in [-0.15, -0.1) is 34.0 Å². The minimum absolute atomic E-state index is 0.0160. The summed E-state index contributed by atoms with van der Waals surface area (Å²) in [5.74, 6) is 0.295. The van der Waals surface area contributed by atoms with Gasteiger partial charge in [0, 0.05) is 25.6 Å². The van der Waals surface area contributed by atoms with Gasteiger partial charge in [0.15, 0.2) is 0 Å². The average Bonchev–Trinajstić information content (AvgIpc) is 3.68. The number of hydrogen-bond donors (Lipinski definition) is 5. The normalized spacial score (nSPS) is 21.4. The molecule has 19 heteroatoms. The first-order valence-electron chi connectivity index (χ1n) is 12.6. The van der Waals surface area contributed by atoms with Gasteiger partial charge in [-0.25, -0.2) is 9.59 Å². The molecule has 16 nitrogen and oxygen atoms in total. The van der Waals surface area contributed by atoms with Crippen LogP contribution in [0, 0.1) is 6.92 Å². The van der Waals surface area contributed by atoms with Gasteiger partial charge in [-0.2, -0.15) is 13.4 Å². The maximum absolute atomic E-state index is 12.1. The highest BCUT2D eigenvalue weighted by molar-refractivity contribution is 8.00. The summed E-state index contributed by atoms with van der Waals surface area (Å²) >= 11 is 2.71. The second kappa shape index (κ2) is 16.3. The first-order valence-corrected chi connectivity index (χ1v) is 15.9. The van der Waals surface area contributed by atoms with E-state index in [0.29, 0.717) is 6.61 Å². The molecule has 43 heavy (non-hydrogen) atoms. The molecular formula is C24H33N6O10S3+. The Hall–Kier alpha value is -2.85. The quantitative estimate of drug-likeness (QED) is 0.176. The molecule has 2 aromatic heterocycles. The number of nitrogen functional groups attached to an aromatic ring is 1. The maximum Gasteiger partial charge on any atom is 0.353 e. The molecule has 0 radical (unpaired) electrons.